The van der Waals surface area contributed by atoms with Gasteiger partial charge in [0.25, 0.3) is 0 Å². The van der Waals surface area contributed by atoms with Crippen molar-refractivity contribution in [1.82, 2.24) is 19.7 Å². The minimum absolute atomic E-state index is 0. The van der Waals surface area contributed by atoms with Gasteiger partial charge in [-0.1, -0.05) is 29.2 Å². The van der Waals surface area contributed by atoms with Crippen molar-refractivity contribution in [2.45, 2.75) is 166 Å². The number of likely N-dealkylation sites (tertiary alicyclic amines) is 1. The van der Waals surface area contributed by atoms with Crippen molar-refractivity contribution in [3.8, 4) is 0 Å². The zero-order valence-electron chi connectivity index (χ0n) is 53.5. The lowest BCUT2D eigenvalue weighted by Crippen LogP contribution is -2.62. The van der Waals surface area contributed by atoms with Gasteiger partial charge >= 0.3 is 0 Å². The van der Waals surface area contributed by atoms with E-state index in [4.69, 9.17) is 23.7 Å². The fourth-order valence-corrected chi connectivity index (χ4v) is 13.3. The van der Waals surface area contributed by atoms with E-state index in [1.807, 2.05) is 0 Å². The van der Waals surface area contributed by atoms with Gasteiger partial charge in [0.05, 0.1) is 131 Å². The number of nitrogens with one attached hydrogen (secondary N) is 3. The summed E-state index contributed by atoms with van der Waals surface area (Å²) in [6.07, 6.45) is -18.9. The fraction of sp³-hybridized carbons (Fsp3) is 0.909. The van der Waals surface area contributed by atoms with Gasteiger partial charge in [-0.2, -0.15) is 0 Å². The molecule has 0 radical (unpaired) electrons. The quantitative estimate of drug-likeness (QED) is 0.0294. The number of hydrogen-bond acceptors (Lipinski definition) is 49. The van der Waals surface area contributed by atoms with Gasteiger partial charge in [0, 0.05) is 76.7 Å². The molecule has 0 aromatic rings. The van der Waals surface area contributed by atoms with E-state index in [0.29, 0.717) is 0 Å². The number of carbonyl (C=O) groups excluding carboxylic acids is 4. The molecule has 6 rings (SSSR count). The van der Waals surface area contributed by atoms with Crippen molar-refractivity contribution in [1.29, 1.82) is 0 Å². The molecular formula is C44H85N4O52S8-11. The van der Waals surface area contributed by atoms with E-state index in [-0.39, 0.29) is 95.5 Å². The van der Waals surface area contributed by atoms with Gasteiger partial charge in [-0.15, -0.1) is 0 Å². The Kier molecular flexibility index (Phi) is 52.3. The number of methoxy groups -OCH3 is 1. The number of aliphatic carboxylic acids is 3. The highest BCUT2D eigenvalue weighted by atomic mass is 32.3. The Morgan fingerprint density at radius 1 is 0.509 bits per heavy atom. The van der Waals surface area contributed by atoms with E-state index in [1.165, 1.54) is 23.5 Å². The monoisotopic (exact) mass is 1760 g/mol. The molecule has 0 aromatic heterocycles. The second-order valence-corrected chi connectivity index (χ2v) is 30.1. The maximum Gasteiger partial charge on any atom is 0.218 e. The Morgan fingerprint density at radius 2 is 0.972 bits per heavy atom. The summed E-state index contributed by atoms with van der Waals surface area (Å²) in [5.74, 6) is -8.39. The van der Waals surface area contributed by atoms with Gasteiger partial charge in [-0.25, -0.2) is 76.8 Å². The Morgan fingerprint density at radius 3 is 1.40 bits per heavy atom. The first-order chi connectivity index (χ1) is 45.7. The minimum atomic E-state index is -5.52. The molecule has 56 nitrogen and oxygen atoms in total. The average Bonchev–Trinajstić information content (AvgIpc) is 0.796. The predicted octanol–water partition coefficient (Wildman–Crippen LogP) is -18.4. The number of hydrogen-bond donors (Lipinski definition) is 8. The topological polar surface area (TPSA) is 972 Å². The average molecular weight is 1760 g/mol. The molecule has 108 heavy (non-hydrogen) atoms. The van der Waals surface area contributed by atoms with Crippen LogP contribution in [0.4, 0.5) is 0 Å². The highest BCUT2D eigenvalue weighted by Gasteiger charge is 2.46. The number of piperidine rings is 1. The highest BCUT2D eigenvalue weighted by molar-refractivity contribution is 7.84. The van der Waals surface area contributed by atoms with Crippen LogP contribution in [0.1, 0.15) is 61.8 Å². The Hall–Kier alpha value is -3.80. The number of ether oxygens (including phenoxy) is 6. The van der Waals surface area contributed by atoms with E-state index < -0.39 is 269 Å². The van der Waals surface area contributed by atoms with E-state index in [1.54, 1.807) is 4.72 Å². The van der Waals surface area contributed by atoms with Crippen LogP contribution in [0.5, 0.6) is 0 Å². The molecule has 0 aliphatic carbocycles. The lowest BCUT2D eigenvalue weighted by molar-refractivity contribution is -0.324. The molecule has 652 valence electrons. The largest absolute Gasteiger partial charge is 0.735 e. The minimum Gasteiger partial charge on any atom is -0.735 e. The van der Waals surface area contributed by atoms with Crippen molar-refractivity contribution >= 4 is 107 Å². The van der Waals surface area contributed by atoms with E-state index in [0.717, 1.165) is 7.11 Å². The van der Waals surface area contributed by atoms with Gasteiger partial charge < -0.3 is 147 Å². The summed E-state index contributed by atoms with van der Waals surface area (Å²) in [5.41, 5.74) is 0. The van der Waals surface area contributed by atoms with Crippen LogP contribution in [0.25, 0.3) is 0 Å². The molecule has 11 unspecified atom stereocenters. The van der Waals surface area contributed by atoms with Crippen LogP contribution in [0.2, 0.25) is 0 Å². The van der Waals surface area contributed by atoms with Gasteiger partial charge in [-0.05, 0) is 6.42 Å². The van der Waals surface area contributed by atoms with Crippen molar-refractivity contribution in [3.63, 3.8) is 0 Å². The lowest BCUT2D eigenvalue weighted by atomic mass is 9.87. The number of aliphatic hydroxyl groups excluding tert-OH is 5. The molecule has 0 spiro atoms. The van der Waals surface area contributed by atoms with Crippen LogP contribution in [0.15, 0.2) is 0 Å². The van der Waals surface area contributed by atoms with Gasteiger partial charge in [0.15, 0.2) is 26.9 Å². The van der Waals surface area contributed by atoms with Crippen molar-refractivity contribution < 1.29 is 239 Å². The number of nitrogens with zero attached hydrogens (tertiary/aromatic N) is 1. The molecule has 6 aliphatic heterocycles. The number of carboxylic acids is 3. The first kappa shape index (κ1) is 115. The Balaban J connectivity index is -0.000000307. The number of carboxylic acid groups (broad SMARTS) is 3. The fourth-order valence-electron chi connectivity index (χ4n) is 9.72. The summed E-state index contributed by atoms with van der Waals surface area (Å²) < 4.78 is 312. The van der Waals surface area contributed by atoms with Gasteiger partial charge in [-0.3, -0.25) is 34.8 Å². The van der Waals surface area contributed by atoms with Crippen LogP contribution in [0.3, 0.4) is 0 Å². The van der Waals surface area contributed by atoms with E-state index in [2.05, 4.69) is 35.2 Å². The van der Waals surface area contributed by atoms with Gasteiger partial charge in [0.1, 0.15) is 24.4 Å². The molecule has 0 saturated carbocycles. The molecule has 1 amide bonds. The number of carbonyl (C=O) groups is 4. The molecule has 6 aliphatic rings. The third kappa shape index (κ3) is 47.0. The van der Waals surface area contributed by atoms with E-state index >= 15 is 0 Å². The SMILES string of the molecule is C.C.C.CC(=O)NC1COC(COS(=O)(=O)[O-])C[C@H]1O.CO[C@H]1OC(COS(=O)(=O)[O-])C[C@@H](O)C1NS(=O)(=O)[O-].C[C@@H]1C(C(=O)[O-])OCC(OS(=O)(=O)[O-])[C@@H]1O.O.O.O.O.O=C([O-])C1C[C@@H](O)C(OS(=O)(=O)[O-])CO1.O=C([O-])C1C[C@@H](O)CN(C[C@H]2C(COS(=O)(=O)[O-])OCC(NS(=O)(=O)[O-])[C@@H]2OS(=O)(=O)[O-])C1. The number of aliphatic hydroxyl groups is 5. The standard InChI is InChI=1S/C13H24N2O15S3.C8H15NO7S.C7H15NO10S2.C7H12O8S.C6H10O8S.3CH4.4H2O/c16-8-1-7(13(17)18)2-15(3-8)4-9-11(6-29-32(22,23)24)28-5-10(14-31(19,20)21)12(9)30-33(25,26)27;1-5(10)9-7-4-15-6(2-8(7)11)3-16-17(12,13)14;1-16-7-6(8-19(10,11)12)5(9)2-4(18-7)3-17-20(13,14)15;1-3-5(8)4(15-16(11,12)13)2-14-6(3)7(9)10;7-3-1-4(6(8)9)13-2-5(3)14-15(10,11)12;;;;;;;/h7-12,14,16H,1-6H2,(H,17,18)(H,19,20,21)(H,22,23,24)(H,25,26,27);6-8,11H,2-4H2,1H3,(H,9,10)(H,12,13,14);4-9H,2-3H2,1H3,(H,10,11,12)(H,13,14,15);3-6,8H,2H2,1H3,(H,9,10)(H,11,12,13);3-5,7H,1-2H2,(H,8,9)(H,10,11,12);3*1H4;4*1H2/p-11/t7?,8-,9+,10?,11?,12-;6?,7?,8-;4?,5-,6?,7+;3-,4?,5+,6?;3-,4?,5?;;;;;;;/m11101......./s1. The van der Waals surface area contributed by atoms with Gasteiger partial charge in [0.2, 0.25) is 68.3 Å². The lowest BCUT2D eigenvalue weighted by Gasteiger charge is -2.46. The summed E-state index contributed by atoms with van der Waals surface area (Å²) in [6.45, 7) is -2.09. The summed E-state index contributed by atoms with van der Waals surface area (Å²) in [6, 6.07) is -3.64. The van der Waals surface area contributed by atoms with Crippen LogP contribution in [0, 0.1) is 17.8 Å². The summed E-state index contributed by atoms with van der Waals surface area (Å²) >= 11 is 0. The van der Waals surface area contributed by atoms with Crippen LogP contribution in [-0.2, 0) is 156 Å². The molecule has 16 N–H and O–H groups in total. The normalized spacial score (nSPS) is 30.4. The summed E-state index contributed by atoms with van der Waals surface area (Å²) in [4.78, 5) is 44.1. The van der Waals surface area contributed by atoms with Crippen LogP contribution >= 0.6 is 0 Å². The third-order valence-corrected chi connectivity index (χ3v) is 17.7. The van der Waals surface area contributed by atoms with Crippen molar-refractivity contribution in [2.24, 2.45) is 17.8 Å². The Labute approximate surface area is 619 Å². The molecule has 0 bridgehead atoms. The summed E-state index contributed by atoms with van der Waals surface area (Å²) in [5, 5.41) is 82.7. The Bertz CT molecular complexity index is 3660. The zero-order valence-corrected chi connectivity index (χ0v) is 60.0. The number of rotatable bonds is 26. The first-order valence-corrected chi connectivity index (χ1v) is 38.4. The first-order valence-electron chi connectivity index (χ1n) is 27.6. The molecular weight excluding hydrogens is 1670 g/mol. The molecule has 6 fully saturated rings. The third-order valence-electron chi connectivity index (χ3n) is 13.9. The summed E-state index contributed by atoms with van der Waals surface area (Å²) in [7, 11) is -39.3. The maximum atomic E-state index is 11.3. The molecule has 64 heteroatoms. The van der Waals surface area contributed by atoms with Crippen molar-refractivity contribution in [2.75, 3.05) is 73.0 Å². The van der Waals surface area contributed by atoms with Crippen LogP contribution in [-0.4, -0.2) is 357 Å². The number of β-amino-alcohol motifs (C(OH)–C–C–N with tert-alkyl or cyclic N) is 1. The zero-order chi connectivity index (χ0) is 77.9. The maximum absolute atomic E-state index is 11.3. The smallest absolute Gasteiger partial charge is 0.218 e. The molecule has 20 atom stereocenters. The second-order valence-electron chi connectivity index (χ2n) is 21.7. The molecule has 6 saturated heterocycles. The van der Waals surface area contributed by atoms with E-state index in [9.17, 15) is 164 Å². The highest BCUT2D eigenvalue weighted by Crippen LogP contribution is 2.31. The molecule has 6 heterocycles. The number of amides is 1. The molecule has 0 aromatic carbocycles. The van der Waals surface area contributed by atoms with Crippen molar-refractivity contribution in [3.05, 3.63) is 0 Å². The van der Waals surface area contributed by atoms with Crippen LogP contribution < -0.4 is 30.1 Å². The second kappa shape index (κ2) is 49.1. The predicted molar refractivity (Wildman–Crippen MR) is 327 cm³/mol.